The Morgan fingerprint density at radius 2 is 2.11 bits per heavy atom. The Labute approximate surface area is 166 Å². The molecule has 0 saturated heterocycles. The number of nitrogens with one attached hydrogen (secondary N) is 1. The Morgan fingerprint density at radius 3 is 2.82 bits per heavy atom. The molecule has 1 aliphatic rings. The van der Waals surface area contributed by atoms with Gasteiger partial charge in [-0.05, 0) is 44.6 Å². The fourth-order valence-electron chi connectivity index (χ4n) is 3.08. The Kier molecular flexibility index (Phi) is 6.13. The molecule has 1 atom stereocenters. The lowest BCUT2D eigenvalue weighted by atomic mass is 9.95. The summed E-state index contributed by atoms with van der Waals surface area (Å²) in [4.78, 5) is 37.3. The number of esters is 1. The summed E-state index contributed by atoms with van der Waals surface area (Å²) in [6.45, 7) is 3.46. The normalized spacial score (nSPS) is 14.2. The Hall–Kier alpha value is -2.68. The molecule has 1 amide bonds. The number of aromatic nitrogens is 2. The smallest absolute Gasteiger partial charge is 0.341 e. The van der Waals surface area contributed by atoms with Crippen molar-refractivity contribution in [2.75, 3.05) is 5.32 Å². The highest BCUT2D eigenvalue weighted by Gasteiger charge is 2.28. The fourth-order valence-corrected chi connectivity index (χ4v) is 4.35. The van der Waals surface area contributed by atoms with Gasteiger partial charge in [-0.25, -0.2) is 4.79 Å². The van der Waals surface area contributed by atoms with Crippen LogP contribution in [0.2, 0.25) is 0 Å². The maximum absolute atomic E-state index is 12.8. The van der Waals surface area contributed by atoms with E-state index in [1.807, 2.05) is 13.8 Å². The number of amides is 1. The maximum Gasteiger partial charge on any atom is 0.341 e. The lowest BCUT2D eigenvalue weighted by Gasteiger charge is -2.15. The summed E-state index contributed by atoms with van der Waals surface area (Å²) >= 11 is 1.41. The van der Waals surface area contributed by atoms with E-state index in [-0.39, 0.29) is 18.2 Å². The summed E-state index contributed by atoms with van der Waals surface area (Å²) in [5.74, 6) is -1.89. The molecule has 2 aromatic rings. The van der Waals surface area contributed by atoms with Crippen LogP contribution in [0.4, 0.5) is 5.00 Å². The number of nitrogens with zero attached hydrogens (tertiary/aromatic N) is 2. The van der Waals surface area contributed by atoms with E-state index in [0.29, 0.717) is 17.0 Å². The van der Waals surface area contributed by atoms with Gasteiger partial charge in [0.1, 0.15) is 11.5 Å². The summed E-state index contributed by atoms with van der Waals surface area (Å²) in [5.41, 5.74) is 1.65. The van der Waals surface area contributed by atoms with E-state index in [0.717, 1.165) is 36.1 Å². The molecule has 2 N–H and O–H groups in total. The summed E-state index contributed by atoms with van der Waals surface area (Å²) in [7, 11) is 0. The van der Waals surface area contributed by atoms with Crippen LogP contribution in [0.1, 0.15) is 64.3 Å². The average Bonchev–Trinajstić information content (AvgIpc) is 3.25. The third-order valence-electron chi connectivity index (χ3n) is 4.68. The third-order valence-corrected chi connectivity index (χ3v) is 5.89. The lowest BCUT2D eigenvalue weighted by Crippen LogP contribution is -2.18. The van der Waals surface area contributed by atoms with Crippen molar-refractivity contribution in [2.24, 2.45) is 0 Å². The van der Waals surface area contributed by atoms with E-state index >= 15 is 0 Å². The molecule has 0 spiro atoms. The zero-order valence-corrected chi connectivity index (χ0v) is 16.7. The maximum atomic E-state index is 12.8. The molecule has 150 valence electrons. The second kappa shape index (κ2) is 8.55. The summed E-state index contributed by atoms with van der Waals surface area (Å²) in [6.07, 6.45) is 6.92. The number of rotatable bonds is 7. The average molecular weight is 405 g/mol. The Bertz CT molecular complexity index is 902. The Morgan fingerprint density at radius 1 is 1.36 bits per heavy atom. The van der Waals surface area contributed by atoms with Crippen molar-refractivity contribution in [1.82, 2.24) is 9.78 Å². The van der Waals surface area contributed by atoms with Crippen LogP contribution in [0, 0.1) is 0 Å². The number of hydrogen-bond acceptors (Lipinski definition) is 6. The molecular formula is C19H23N3O5S. The van der Waals surface area contributed by atoms with Crippen LogP contribution in [-0.2, 0) is 28.9 Å². The first kappa shape index (κ1) is 20.1. The van der Waals surface area contributed by atoms with Crippen LogP contribution in [0.25, 0.3) is 0 Å². The van der Waals surface area contributed by atoms with Crippen molar-refractivity contribution in [2.45, 2.75) is 58.6 Å². The third kappa shape index (κ3) is 4.41. The molecule has 0 aromatic carbocycles. The van der Waals surface area contributed by atoms with Gasteiger partial charge in [-0.3, -0.25) is 14.3 Å². The molecule has 0 fully saturated rings. The molecule has 3 rings (SSSR count). The molecule has 0 saturated carbocycles. The number of anilines is 1. The zero-order valence-electron chi connectivity index (χ0n) is 15.9. The molecule has 1 unspecified atom stereocenters. The van der Waals surface area contributed by atoms with Crippen LogP contribution in [0.5, 0.6) is 0 Å². The summed E-state index contributed by atoms with van der Waals surface area (Å²) in [5, 5.41) is 16.0. The Balaban J connectivity index is 1.85. The summed E-state index contributed by atoms with van der Waals surface area (Å²) in [6, 6.07) is 0. The minimum absolute atomic E-state index is 0.204. The van der Waals surface area contributed by atoms with Crippen molar-refractivity contribution >= 4 is 34.2 Å². The number of carbonyl (C=O) groups excluding carboxylic acids is 2. The molecule has 1 aliphatic carbocycles. The quantitative estimate of drug-likeness (QED) is 0.685. The first-order valence-corrected chi connectivity index (χ1v) is 10.1. The number of fused-ring (bicyclic) bond motifs is 1. The SMILES string of the molecule is CCC(C)OC(=O)c1c(NC(=O)c2cnn(CC(=O)O)c2)sc2c1CCCC2. The highest BCUT2D eigenvalue weighted by atomic mass is 32.1. The standard InChI is InChI=1S/C19H23N3O5S/c1-3-11(2)27-19(26)16-13-6-4-5-7-14(13)28-18(16)21-17(25)12-8-20-22(9-12)10-15(23)24/h8-9,11H,3-7,10H2,1-2H3,(H,21,25)(H,23,24). The minimum atomic E-state index is -1.05. The number of carboxylic acid groups (broad SMARTS) is 1. The predicted octanol–water partition coefficient (Wildman–Crippen LogP) is 3.12. The van der Waals surface area contributed by atoms with Crippen molar-refractivity contribution in [1.29, 1.82) is 0 Å². The summed E-state index contributed by atoms with van der Waals surface area (Å²) < 4.78 is 6.70. The topological polar surface area (TPSA) is 111 Å². The molecule has 0 aliphatic heterocycles. The second-order valence-corrected chi connectivity index (χ2v) is 7.92. The molecular weight excluding hydrogens is 382 g/mol. The number of aryl methyl sites for hydroxylation is 1. The van der Waals surface area contributed by atoms with Crippen LogP contribution in [0.15, 0.2) is 12.4 Å². The van der Waals surface area contributed by atoms with Gasteiger partial charge in [-0.2, -0.15) is 5.10 Å². The van der Waals surface area contributed by atoms with Crippen LogP contribution < -0.4 is 5.32 Å². The van der Waals surface area contributed by atoms with E-state index in [2.05, 4.69) is 10.4 Å². The van der Waals surface area contributed by atoms with Gasteiger partial charge in [0.15, 0.2) is 0 Å². The van der Waals surface area contributed by atoms with Crippen LogP contribution in [-0.4, -0.2) is 38.8 Å². The van der Waals surface area contributed by atoms with E-state index in [1.165, 1.54) is 28.4 Å². The van der Waals surface area contributed by atoms with Gasteiger partial charge in [0.25, 0.3) is 5.91 Å². The molecule has 0 bridgehead atoms. The van der Waals surface area contributed by atoms with Crippen molar-refractivity contribution in [3.8, 4) is 0 Å². The molecule has 2 heterocycles. The predicted molar refractivity (Wildman–Crippen MR) is 104 cm³/mol. The second-order valence-electron chi connectivity index (χ2n) is 6.81. The first-order chi connectivity index (χ1) is 13.4. The molecule has 9 heteroatoms. The largest absolute Gasteiger partial charge is 0.480 e. The van der Waals surface area contributed by atoms with Crippen molar-refractivity contribution in [3.63, 3.8) is 0 Å². The van der Waals surface area contributed by atoms with Gasteiger partial charge in [0, 0.05) is 11.1 Å². The number of aliphatic carboxylic acids is 1. The fraction of sp³-hybridized carbons (Fsp3) is 0.474. The zero-order chi connectivity index (χ0) is 20.3. The van der Waals surface area contributed by atoms with Gasteiger partial charge >= 0.3 is 11.9 Å². The molecule has 28 heavy (non-hydrogen) atoms. The molecule has 8 nitrogen and oxygen atoms in total. The highest BCUT2D eigenvalue weighted by Crippen LogP contribution is 2.39. The number of thiophene rings is 1. The number of ether oxygens (including phenoxy) is 1. The lowest BCUT2D eigenvalue weighted by molar-refractivity contribution is -0.137. The number of carbonyl (C=O) groups is 3. The van der Waals surface area contributed by atoms with E-state index in [9.17, 15) is 14.4 Å². The minimum Gasteiger partial charge on any atom is -0.480 e. The van der Waals surface area contributed by atoms with Gasteiger partial charge in [-0.15, -0.1) is 11.3 Å². The molecule has 0 radical (unpaired) electrons. The van der Waals surface area contributed by atoms with Gasteiger partial charge in [0.05, 0.1) is 23.4 Å². The van der Waals surface area contributed by atoms with Crippen LogP contribution in [0.3, 0.4) is 0 Å². The highest BCUT2D eigenvalue weighted by molar-refractivity contribution is 7.17. The van der Waals surface area contributed by atoms with E-state index in [4.69, 9.17) is 9.84 Å². The van der Waals surface area contributed by atoms with Gasteiger partial charge in [0.2, 0.25) is 0 Å². The number of hydrogen-bond donors (Lipinski definition) is 2. The van der Waals surface area contributed by atoms with Crippen molar-refractivity contribution < 1.29 is 24.2 Å². The number of carboxylic acids is 1. The van der Waals surface area contributed by atoms with Crippen LogP contribution >= 0.6 is 11.3 Å². The first-order valence-electron chi connectivity index (χ1n) is 9.30. The van der Waals surface area contributed by atoms with Crippen molar-refractivity contribution in [3.05, 3.63) is 34.0 Å². The van der Waals surface area contributed by atoms with Gasteiger partial charge < -0.3 is 15.2 Å². The monoisotopic (exact) mass is 405 g/mol. The molecule has 2 aromatic heterocycles. The van der Waals surface area contributed by atoms with Gasteiger partial charge in [-0.1, -0.05) is 6.92 Å². The van der Waals surface area contributed by atoms with E-state index in [1.54, 1.807) is 0 Å². The van der Waals surface area contributed by atoms with E-state index < -0.39 is 17.8 Å².